The van der Waals surface area contributed by atoms with Crippen molar-refractivity contribution < 1.29 is 14.7 Å². The predicted molar refractivity (Wildman–Crippen MR) is 94.4 cm³/mol. The number of carboxylic acids is 1. The van der Waals surface area contributed by atoms with Crippen molar-refractivity contribution in [1.82, 2.24) is 16.0 Å². The molecule has 1 aliphatic rings. The molecule has 0 unspecified atom stereocenters. The number of guanidine groups is 1. The summed E-state index contributed by atoms with van der Waals surface area (Å²) in [5.74, 6) is -1.24. The average Bonchev–Trinajstić information content (AvgIpc) is 2.56. The summed E-state index contributed by atoms with van der Waals surface area (Å²) in [5, 5.41) is 24.6. The summed E-state index contributed by atoms with van der Waals surface area (Å²) in [6, 6.07) is 6.08. The maximum Gasteiger partial charge on any atom is 0.305 e. The van der Waals surface area contributed by atoms with Gasteiger partial charge in [-0.25, -0.2) is 4.99 Å². The second kappa shape index (κ2) is 8.09. The van der Waals surface area contributed by atoms with Gasteiger partial charge in [-0.05, 0) is 30.5 Å². The van der Waals surface area contributed by atoms with E-state index >= 15 is 0 Å². The Morgan fingerprint density at radius 2 is 2.12 bits per heavy atom. The fraction of sp³-hybridized carbons (Fsp3) is 0.294. The van der Waals surface area contributed by atoms with Crippen LogP contribution in [0, 0.1) is 19.3 Å². The van der Waals surface area contributed by atoms with Gasteiger partial charge in [-0.15, -0.1) is 0 Å². The lowest BCUT2D eigenvalue weighted by Gasteiger charge is -2.18. The Morgan fingerprint density at radius 3 is 2.80 bits per heavy atom. The Balaban J connectivity index is 2.03. The van der Waals surface area contributed by atoms with E-state index in [0.29, 0.717) is 6.54 Å². The van der Waals surface area contributed by atoms with Gasteiger partial charge in [0.2, 0.25) is 5.96 Å². The molecule has 0 aromatic heterocycles. The largest absolute Gasteiger partial charge is 0.481 e. The summed E-state index contributed by atoms with van der Waals surface area (Å²) in [5.41, 5.74) is 3.30. The Kier molecular flexibility index (Phi) is 5.89. The van der Waals surface area contributed by atoms with Crippen LogP contribution in [0.3, 0.4) is 0 Å². The Bertz CT molecular complexity index is 768. The van der Waals surface area contributed by atoms with Crippen LogP contribution in [-0.2, 0) is 16.1 Å². The number of carbonyl (C=O) groups is 2. The minimum absolute atomic E-state index is 0.0646. The number of aliphatic imine (C=N–C) groups is 1. The van der Waals surface area contributed by atoms with Crippen molar-refractivity contribution in [2.24, 2.45) is 4.99 Å². The molecule has 5 N–H and O–H groups in total. The third-order valence-corrected chi connectivity index (χ3v) is 3.70. The Hall–Kier alpha value is -3.16. The van der Waals surface area contributed by atoms with Crippen molar-refractivity contribution >= 4 is 23.5 Å². The number of aryl methyl sites for hydroxylation is 2. The highest BCUT2D eigenvalue weighted by atomic mass is 16.4. The molecule has 132 valence electrons. The topological polar surface area (TPSA) is 127 Å². The van der Waals surface area contributed by atoms with Crippen LogP contribution in [0.5, 0.6) is 0 Å². The van der Waals surface area contributed by atoms with E-state index in [9.17, 15) is 9.59 Å². The summed E-state index contributed by atoms with van der Waals surface area (Å²) in [6.07, 6.45) is 1.31. The Morgan fingerprint density at radius 1 is 1.36 bits per heavy atom. The molecule has 0 atom stereocenters. The normalized spacial score (nSPS) is 15.6. The van der Waals surface area contributed by atoms with E-state index < -0.39 is 11.9 Å². The summed E-state index contributed by atoms with van der Waals surface area (Å²) < 4.78 is 0. The van der Waals surface area contributed by atoms with Gasteiger partial charge in [0.25, 0.3) is 5.91 Å². The Labute approximate surface area is 145 Å². The first-order valence-electron chi connectivity index (χ1n) is 7.81. The van der Waals surface area contributed by atoms with E-state index in [1.54, 1.807) is 0 Å². The zero-order valence-electron chi connectivity index (χ0n) is 14.1. The second-order valence-electron chi connectivity index (χ2n) is 5.69. The van der Waals surface area contributed by atoms with Crippen LogP contribution in [0.2, 0.25) is 0 Å². The number of amides is 1. The minimum atomic E-state index is -0.929. The van der Waals surface area contributed by atoms with E-state index in [1.165, 1.54) is 17.3 Å². The molecule has 2 rings (SSSR count). The lowest BCUT2D eigenvalue weighted by atomic mass is 10.1. The lowest BCUT2D eigenvalue weighted by molar-refractivity contribution is -0.136. The summed E-state index contributed by atoms with van der Waals surface area (Å²) in [7, 11) is 0. The predicted octanol–water partition coefficient (Wildman–Crippen LogP) is 0.804. The van der Waals surface area contributed by atoms with Gasteiger partial charge in [-0.2, -0.15) is 0 Å². The molecule has 8 nitrogen and oxygen atoms in total. The molecule has 1 heterocycles. The molecule has 0 bridgehead atoms. The highest BCUT2D eigenvalue weighted by Gasteiger charge is 2.22. The first-order valence-corrected chi connectivity index (χ1v) is 7.81. The van der Waals surface area contributed by atoms with E-state index in [1.807, 2.05) is 26.0 Å². The minimum Gasteiger partial charge on any atom is -0.481 e. The van der Waals surface area contributed by atoms with Crippen molar-refractivity contribution in [2.45, 2.75) is 26.8 Å². The van der Waals surface area contributed by atoms with E-state index in [2.05, 4.69) is 27.0 Å². The van der Waals surface area contributed by atoms with Crippen molar-refractivity contribution in [1.29, 1.82) is 5.41 Å². The summed E-state index contributed by atoms with van der Waals surface area (Å²) in [6.45, 7) is 4.74. The molecular formula is C17H21N5O3. The van der Waals surface area contributed by atoms with Crippen molar-refractivity contribution in [2.75, 3.05) is 6.54 Å². The molecule has 0 saturated heterocycles. The van der Waals surface area contributed by atoms with Crippen molar-refractivity contribution in [3.05, 3.63) is 46.8 Å². The number of rotatable bonds is 6. The van der Waals surface area contributed by atoms with Gasteiger partial charge in [0.15, 0.2) is 0 Å². The first kappa shape index (κ1) is 18.2. The first-order chi connectivity index (χ1) is 11.9. The maximum absolute atomic E-state index is 11.8. The molecule has 0 spiro atoms. The van der Waals surface area contributed by atoms with Gasteiger partial charge in [0, 0.05) is 19.3 Å². The highest BCUT2D eigenvalue weighted by molar-refractivity contribution is 6.47. The third kappa shape index (κ3) is 5.17. The number of nitrogens with one attached hydrogen (secondary N) is 4. The highest BCUT2D eigenvalue weighted by Crippen LogP contribution is 2.10. The maximum atomic E-state index is 11.8. The standard InChI is InChI=1S/C17H21N5O3/c1-10-3-4-12(7-11(10)2)8-20-17-21-13(15(18)16(25)22-17)9-19-6-5-14(23)24/h3-4,7,9,18-19H,5-6,8H2,1-2H3,(H,23,24)(H2,20,21,22,25)/b13-9+,18-15?. The number of hydrogen-bond acceptors (Lipinski definition) is 6. The number of hydrogen-bond donors (Lipinski definition) is 5. The van der Waals surface area contributed by atoms with Crippen LogP contribution in [0.15, 0.2) is 35.1 Å². The monoisotopic (exact) mass is 343 g/mol. The molecule has 1 amide bonds. The second-order valence-corrected chi connectivity index (χ2v) is 5.69. The summed E-state index contributed by atoms with van der Waals surface area (Å²) >= 11 is 0. The molecule has 0 radical (unpaired) electrons. The summed E-state index contributed by atoms with van der Waals surface area (Å²) in [4.78, 5) is 26.5. The lowest BCUT2D eigenvalue weighted by Crippen LogP contribution is -2.47. The number of nitrogens with zero attached hydrogens (tertiary/aromatic N) is 1. The van der Waals surface area contributed by atoms with Gasteiger partial charge in [-0.3, -0.25) is 20.3 Å². The van der Waals surface area contributed by atoms with Crippen LogP contribution in [0.1, 0.15) is 23.1 Å². The quantitative estimate of drug-likeness (QED) is 0.488. The van der Waals surface area contributed by atoms with Crippen molar-refractivity contribution in [3.63, 3.8) is 0 Å². The molecule has 25 heavy (non-hydrogen) atoms. The zero-order valence-corrected chi connectivity index (χ0v) is 14.1. The smallest absolute Gasteiger partial charge is 0.305 e. The van der Waals surface area contributed by atoms with Gasteiger partial charge in [0.05, 0.1) is 6.42 Å². The number of aliphatic carboxylic acids is 1. The van der Waals surface area contributed by atoms with E-state index in [4.69, 9.17) is 10.5 Å². The molecule has 1 aromatic rings. The molecular weight excluding hydrogens is 322 g/mol. The van der Waals surface area contributed by atoms with E-state index in [-0.39, 0.29) is 30.3 Å². The number of carboxylic acid groups (broad SMARTS) is 1. The molecule has 1 aliphatic heterocycles. The molecule has 1 aromatic carbocycles. The SMILES string of the molecule is Cc1ccc(CNC2=N/C(=C/NCCC(=O)O)C(=N)C(=O)N2)cc1C. The molecule has 0 aliphatic carbocycles. The van der Waals surface area contributed by atoms with Gasteiger partial charge in [-0.1, -0.05) is 18.2 Å². The molecule has 8 heteroatoms. The molecule has 0 fully saturated rings. The fourth-order valence-corrected chi connectivity index (χ4v) is 2.13. The van der Waals surface area contributed by atoms with Crippen LogP contribution < -0.4 is 16.0 Å². The van der Waals surface area contributed by atoms with Crippen LogP contribution in [0.4, 0.5) is 0 Å². The van der Waals surface area contributed by atoms with Gasteiger partial charge < -0.3 is 15.7 Å². The van der Waals surface area contributed by atoms with Crippen LogP contribution in [-0.4, -0.2) is 35.2 Å². The zero-order chi connectivity index (χ0) is 18.4. The third-order valence-electron chi connectivity index (χ3n) is 3.70. The van der Waals surface area contributed by atoms with Crippen molar-refractivity contribution in [3.8, 4) is 0 Å². The number of benzene rings is 1. The van der Waals surface area contributed by atoms with Crippen LogP contribution in [0.25, 0.3) is 0 Å². The van der Waals surface area contributed by atoms with E-state index in [0.717, 1.165) is 5.56 Å². The fourth-order valence-electron chi connectivity index (χ4n) is 2.13. The van der Waals surface area contributed by atoms with Gasteiger partial charge >= 0.3 is 5.97 Å². The van der Waals surface area contributed by atoms with Gasteiger partial charge in [0.1, 0.15) is 11.4 Å². The van der Waals surface area contributed by atoms with Crippen LogP contribution >= 0.6 is 0 Å². The number of carbonyl (C=O) groups excluding carboxylic acids is 1. The average molecular weight is 343 g/mol. The molecule has 0 saturated carbocycles.